The van der Waals surface area contributed by atoms with Gasteiger partial charge in [-0.25, -0.2) is 0 Å². The number of hydrogen-bond donors (Lipinski definition) is 0. The van der Waals surface area contributed by atoms with Crippen LogP contribution in [-0.2, 0) is 0 Å². The molecule has 0 N–H and O–H groups in total. The van der Waals surface area contributed by atoms with Gasteiger partial charge in [0.2, 0.25) is 0 Å². The van der Waals surface area contributed by atoms with E-state index in [0.717, 1.165) is 16.9 Å². The van der Waals surface area contributed by atoms with Crippen LogP contribution in [-0.4, -0.2) is 26.1 Å². The molecule has 0 aromatic heterocycles. The Hall–Kier alpha value is -2.42. The van der Waals surface area contributed by atoms with Crippen LogP contribution in [0.4, 0.5) is 11.4 Å². The lowest BCUT2D eigenvalue weighted by molar-refractivity contribution is 0.101. The fourth-order valence-electron chi connectivity index (χ4n) is 1.81. The van der Waals surface area contributed by atoms with E-state index in [1.165, 1.54) is 0 Å². The predicted molar refractivity (Wildman–Crippen MR) is 84.5 cm³/mol. The van der Waals surface area contributed by atoms with Crippen LogP contribution in [0.5, 0.6) is 0 Å². The smallest absolute Gasteiger partial charge is 0.159 e. The lowest BCUT2D eigenvalue weighted by atomic mass is 10.1. The van der Waals surface area contributed by atoms with Crippen LogP contribution in [0.1, 0.15) is 22.8 Å². The van der Waals surface area contributed by atoms with Crippen LogP contribution in [0, 0.1) is 0 Å². The number of anilines is 1. The molecule has 0 heterocycles. The largest absolute Gasteiger partial charge is 0.378 e. The molecule has 20 heavy (non-hydrogen) atoms. The van der Waals surface area contributed by atoms with E-state index in [2.05, 4.69) is 9.89 Å². The molecule has 102 valence electrons. The van der Waals surface area contributed by atoms with Gasteiger partial charge in [-0.15, -0.1) is 0 Å². The minimum Gasteiger partial charge on any atom is -0.378 e. The van der Waals surface area contributed by atoms with E-state index in [-0.39, 0.29) is 5.78 Å². The molecule has 3 nitrogen and oxygen atoms in total. The van der Waals surface area contributed by atoms with E-state index < -0.39 is 0 Å². The summed E-state index contributed by atoms with van der Waals surface area (Å²) in [6.45, 7) is 1.56. The Morgan fingerprint density at radius 1 is 1.10 bits per heavy atom. The highest BCUT2D eigenvalue weighted by atomic mass is 16.1. The quantitative estimate of drug-likeness (QED) is 0.624. The van der Waals surface area contributed by atoms with Crippen LogP contribution in [0.2, 0.25) is 0 Å². The van der Waals surface area contributed by atoms with Crippen LogP contribution in [0.15, 0.2) is 53.5 Å². The fraction of sp³-hybridized carbons (Fsp3) is 0.176. The van der Waals surface area contributed by atoms with Crippen molar-refractivity contribution >= 4 is 23.4 Å². The van der Waals surface area contributed by atoms with E-state index in [0.29, 0.717) is 5.56 Å². The van der Waals surface area contributed by atoms with Crippen molar-refractivity contribution in [2.45, 2.75) is 6.92 Å². The average molecular weight is 266 g/mol. The summed E-state index contributed by atoms with van der Waals surface area (Å²) in [7, 11) is 4.02. The third-order valence-electron chi connectivity index (χ3n) is 3.02. The molecule has 0 bridgehead atoms. The Kier molecular flexibility index (Phi) is 4.31. The molecular formula is C17H18N2O. The molecule has 0 unspecified atom stereocenters. The number of hydrogen-bond acceptors (Lipinski definition) is 3. The molecule has 0 atom stereocenters. The summed E-state index contributed by atoms with van der Waals surface area (Å²) in [6, 6.07) is 15.5. The topological polar surface area (TPSA) is 32.7 Å². The molecule has 0 aliphatic heterocycles. The van der Waals surface area contributed by atoms with E-state index in [1.807, 2.05) is 50.5 Å². The highest BCUT2D eigenvalue weighted by Crippen LogP contribution is 2.16. The third-order valence-corrected chi connectivity index (χ3v) is 3.02. The molecule has 0 fully saturated rings. The van der Waals surface area contributed by atoms with Crippen molar-refractivity contribution in [3.05, 3.63) is 59.7 Å². The van der Waals surface area contributed by atoms with E-state index in [4.69, 9.17) is 0 Å². The first-order valence-corrected chi connectivity index (χ1v) is 6.49. The minimum absolute atomic E-state index is 0.0531. The number of Topliss-reactive ketones (excluding diaryl/α,β-unsaturated/α-hetero) is 1. The lowest BCUT2D eigenvalue weighted by Crippen LogP contribution is -2.08. The Bertz CT molecular complexity index is 628. The molecule has 3 heteroatoms. The SMILES string of the molecule is CC(=O)c1cccc(N=Cc2ccc(N(C)C)cc2)c1. The van der Waals surface area contributed by atoms with Crippen molar-refractivity contribution in [3.63, 3.8) is 0 Å². The summed E-state index contributed by atoms with van der Waals surface area (Å²) in [5, 5.41) is 0. The minimum atomic E-state index is 0.0531. The zero-order chi connectivity index (χ0) is 14.5. The first kappa shape index (κ1) is 14.0. The summed E-state index contributed by atoms with van der Waals surface area (Å²) in [5.41, 5.74) is 3.65. The van der Waals surface area contributed by atoms with Crippen molar-refractivity contribution in [1.82, 2.24) is 0 Å². The van der Waals surface area contributed by atoms with Crippen LogP contribution in [0.3, 0.4) is 0 Å². The van der Waals surface area contributed by atoms with E-state index >= 15 is 0 Å². The number of aliphatic imine (C=N–C) groups is 1. The summed E-state index contributed by atoms with van der Waals surface area (Å²) < 4.78 is 0. The Balaban J connectivity index is 2.16. The normalized spacial score (nSPS) is 10.8. The Labute approximate surface area is 119 Å². The predicted octanol–water partition coefficient (Wildman–Crippen LogP) is 3.71. The number of rotatable bonds is 4. The number of ketones is 1. The molecule has 0 aliphatic rings. The second-order valence-electron chi connectivity index (χ2n) is 4.85. The lowest BCUT2D eigenvalue weighted by Gasteiger charge is -2.11. The van der Waals surface area contributed by atoms with Crippen molar-refractivity contribution < 1.29 is 4.79 Å². The molecule has 2 aromatic carbocycles. The second kappa shape index (κ2) is 6.15. The maximum atomic E-state index is 11.3. The maximum Gasteiger partial charge on any atom is 0.159 e. The van der Waals surface area contributed by atoms with Gasteiger partial charge in [-0.2, -0.15) is 0 Å². The van der Waals surface area contributed by atoms with Gasteiger partial charge < -0.3 is 4.90 Å². The summed E-state index contributed by atoms with van der Waals surface area (Å²) in [6.07, 6.45) is 1.80. The standard InChI is InChI=1S/C17H18N2O/c1-13(20)15-5-4-6-16(11-15)18-12-14-7-9-17(10-8-14)19(2)3/h4-12H,1-3H3. The first-order valence-electron chi connectivity index (χ1n) is 6.49. The number of carbonyl (C=O) groups excluding carboxylic acids is 1. The van der Waals surface area contributed by atoms with Gasteiger partial charge in [0.05, 0.1) is 5.69 Å². The monoisotopic (exact) mass is 266 g/mol. The van der Waals surface area contributed by atoms with Gasteiger partial charge in [-0.3, -0.25) is 9.79 Å². The molecule has 0 radical (unpaired) electrons. The van der Waals surface area contributed by atoms with Crippen molar-refractivity contribution in [3.8, 4) is 0 Å². The highest BCUT2D eigenvalue weighted by molar-refractivity contribution is 5.95. The van der Waals surface area contributed by atoms with Gasteiger partial charge in [0, 0.05) is 31.6 Å². The van der Waals surface area contributed by atoms with Gasteiger partial charge in [0.25, 0.3) is 0 Å². The van der Waals surface area contributed by atoms with Crippen molar-refractivity contribution in [1.29, 1.82) is 0 Å². The van der Waals surface area contributed by atoms with Crippen molar-refractivity contribution in [2.75, 3.05) is 19.0 Å². The van der Waals surface area contributed by atoms with Gasteiger partial charge in [-0.1, -0.05) is 24.3 Å². The highest BCUT2D eigenvalue weighted by Gasteiger charge is 1.99. The third kappa shape index (κ3) is 3.54. The number of nitrogens with zero attached hydrogens (tertiary/aromatic N) is 2. The first-order chi connectivity index (χ1) is 9.56. The Morgan fingerprint density at radius 2 is 1.80 bits per heavy atom. The molecule has 0 aliphatic carbocycles. The molecule has 0 amide bonds. The molecule has 0 saturated carbocycles. The second-order valence-corrected chi connectivity index (χ2v) is 4.85. The average Bonchev–Trinajstić information content (AvgIpc) is 2.46. The molecule has 2 rings (SSSR count). The van der Waals surface area contributed by atoms with E-state index in [9.17, 15) is 4.79 Å². The van der Waals surface area contributed by atoms with Crippen LogP contribution >= 0.6 is 0 Å². The molecular weight excluding hydrogens is 248 g/mol. The molecule has 0 spiro atoms. The maximum absolute atomic E-state index is 11.3. The van der Waals surface area contributed by atoms with Crippen molar-refractivity contribution in [2.24, 2.45) is 4.99 Å². The molecule has 2 aromatic rings. The van der Waals surface area contributed by atoms with Gasteiger partial charge in [-0.05, 0) is 36.8 Å². The zero-order valence-corrected chi connectivity index (χ0v) is 12.0. The number of benzene rings is 2. The van der Waals surface area contributed by atoms with E-state index in [1.54, 1.807) is 25.3 Å². The summed E-state index contributed by atoms with van der Waals surface area (Å²) >= 11 is 0. The fourth-order valence-corrected chi connectivity index (χ4v) is 1.81. The summed E-state index contributed by atoms with van der Waals surface area (Å²) in [5.74, 6) is 0.0531. The number of carbonyl (C=O) groups is 1. The van der Waals surface area contributed by atoms with Crippen LogP contribution < -0.4 is 4.90 Å². The van der Waals surface area contributed by atoms with Gasteiger partial charge in [0.1, 0.15) is 0 Å². The Morgan fingerprint density at radius 3 is 2.40 bits per heavy atom. The zero-order valence-electron chi connectivity index (χ0n) is 12.0. The van der Waals surface area contributed by atoms with Gasteiger partial charge in [0.15, 0.2) is 5.78 Å². The van der Waals surface area contributed by atoms with Gasteiger partial charge >= 0.3 is 0 Å². The molecule has 0 saturated heterocycles. The summed E-state index contributed by atoms with van der Waals surface area (Å²) in [4.78, 5) is 17.8. The van der Waals surface area contributed by atoms with Crippen LogP contribution in [0.25, 0.3) is 0 Å².